The second-order valence-corrected chi connectivity index (χ2v) is 17.8. The van der Waals surface area contributed by atoms with Crippen molar-refractivity contribution < 1.29 is 28.6 Å². The van der Waals surface area contributed by atoms with E-state index in [1.165, 1.54) is 40.1 Å². The Hall–Kier alpha value is -6.54. The van der Waals surface area contributed by atoms with E-state index in [4.69, 9.17) is 0 Å². The van der Waals surface area contributed by atoms with Gasteiger partial charge >= 0.3 is 0 Å². The van der Waals surface area contributed by atoms with E-state index in [1.807, 2.05) is 32.9 Å². The zero-order chi connectivity index (χ0) is 47.7. The summed E-state index contributed by atoms with van der Waals surface area (Å²) in [7, 11) is 0. The van der Waals surface area contributed by atoms with Crippen molar-refractivity contribution in [3.8, 4) is 0 Å². The van der Waals surface area contributed by atoms with Crippen molar-refractivity contribution in [2.45, 2.75) is 112 Å². The molecule has 2 amide bonds. The maximum Gasteiger partial charge on any atom is 0.255 e. The predicted octanol–water partition coefficient (Wildman–Crippen LogP) is 6.78. The van der Waals surface area contributed by atoms with Crippen molar-refractivity contribution in [2.24, 2.45) is 5.41 Å². The Bertz CT molecular complexity index is 2540. The molecule has 1 aliphatic rings. The fraction of sp³-hybridized carbons (Fsp3) is 0.467. The van der Waals surface area contributed by atoms with Crippen LogP contribution in [-0.4, -0.2) is 110 Å². The molecule has 20 heteroatoms. The number of carbonyl (C=O) groups is 2. The summed E-state index contributed by atoms with van der Waals surface area (Å²) < 4.78 is 31.4. The fourth-order valence-electron chi connectivity index (χ4n) is 5.74. The Labute approximate surface area is 377 Å². The quantitative estimate of drug-likeness (QED) is 0.0501. The van der Waals surface area contributed by atoms with Crippen LogP contribution in [0.3, 0.4) is 0 Å². The van der Waals surface area contributed by atoms with Crippen molar-refractivity contribution >= 4 is 57.8 Å². The molecule has 6 aromatic heterocycles. The number of pyridine rings is 2. The number of fused-ring (bicyclic) bond motifs is 2. The lowest BCUT2D eigenvalue weighted by Gasteiger charge is -2.23. The van der Waals surface area contributed by atoms with Crippen LogP contribution in [0.4, 0.5) is 43.4 Å². The molecule has 350 valence electrons. The van der Waals surface area contributed by atoms with Crippen molar-refractivity contribution in [3.63, 3.8) is 0 Å². The fourth-order valence-corrected chi connectivity index (χ4v) is 5.74. The third kappa shape index (κ3) is 14.2. The highest BCUT2D eigenvalue weighted by Gasteiger charge is 2.29. The lowest BCUT2D eigenvalue weighted by molar-refractivity contribution is -0.00209. The first kappa shape index (κ1) is 49.5. The van der Waals surface area contributed by atoms with Gasteiger partial charge in [-0.2, -0.15) is 0 Å². The highest BCUT2D eigenvalue weighted by Crippen LogP contribution is 2.29. The molecule has 1 fully saturated rings. The van der Waals surface area contributed by atoms with Crippen LogP contribution in [0.5, 0.6) is 0 Å². The Balaban J connectivity index is 0.000000235. The first-order chi connectivity index (χ1) is 30.6. The number of aliphatic hydroxyl groups is 2. The SMILES string of the molecule is CC.CC(C)(C)CNc1cc(Nc2ccc3nccn3n2)ncc1C(=O)NC[C@@H](F)C(C)(C)O.Cc1cnc2ccc(Nc3cc(NC4CC4)c(C(=O)NC[C@@H](F)C(C)(C)O)cn3)nn12. The molecule has 2 atom stereocenters. The summed E-state index contributed by atoms with van der Waals surface area (Å²) in [5, 5.41) is 46.3. The minimum atomic E-state index is -1.60. The summed E-state index contributed by atoms with van der Waals surface area (Å²) in [5.74, 6) is 1.22. The number of imidazole rings is 2. The number of aromatic nitrogens is 8. The summed E-state index contributed by atoms with van der Waals surface area (Å²) >= 11 is 0. The molecule has 0 radical (unpaired) electrons. The molecule has 6 heterocycles. The summed E-state index contributed by atoms with van der Waals surface area (Å²) in [6.45, 7) is 17.6. The van der Waals surface area contributed by atoms with Gasteiger partial charge < -0.3 is 42.1 Å². The molecule has 6 aromatic rings. The lowest BCUT2D eigenvalue weighted by atomic mass is 9.96. The van der Waals surface area contributed by atoms with Gasteiger partial charge in [-0.15, -0.1) is 10.2 Å². The number of nitrogens with zero attached hydrogens (tertiary/aromatic N) is 8. The first-order valence-electron chi connectivity index (χ1n) is 21.6. The summed E-state index contributed by atoms with van der Waals surface area (Å²) in [6, 6.07) is 11.0. The molecular weight excluding hydrogens is 839 g/mol. The number of carbonyl (C=O) groups excluding carboxylic acids is 2. The van der Waals surface area contributed by atoms with Crippen LogP contribution in [0.25, 0.3) is 11.3 Å². The predicted molar refractivity (Wildman–Crippen MR) is 249 cm³/mol. The minimum absolute atomic E-state index is 0.0381. The van der Waals surface area contributed by atoms with Crippen LogP contribution in [-0.2, 0) is 0 Å². The number of halogens is 2. The molecule has 1 saturated carbocycles. The van der Waals surface area contributed by atoms with E-state index in [2.05, 4.69) is 82.8 Å². The average molecular weight is 901 g/mol. The summed E-state index contributed by atoms with van der Waals surface area (Å²) in [6.07, 6.45) is 6.88. The molecular formula is C45H62F2N14O4. The van der Waals surface area contributed by atoms with E-state index in [0.29, 0.717) is 52.8 Å². The summed E-state index contributed by atoms with van der Waals surface area (Å²) in [5.41, 5.74) is 1.02. The van der Waals surface area contributed by atoms with Crippen molar-refractivity contribution in [1.82, 2.24) is 49.8 Å². The van der Waals surface area contributed by atoms with Gasteiger partial charge in [-0.05, 0) is 77.1 Å². The van der Waals surface area contributed by atoms with Gasteiger partial charge in [-0.3, -0.25) is 9.59 Å². The van der Waals surface area contributed by atoms with Gasteiger partial charge in [0, 0.05) is 49.5 Å². The number of hydrogen-bond donors (Lipinski definition) is 8. The topological polar surface area (TPSA) is 233 Å². The van der Waals surface area contributed by atoms with E-state index in [-0.39, 0.29) is 24.1 Å². The van der Waals surface area contributed by atoms with Crippen LogP contribution in [0.1, 0.15) is 102 Å². The molecule has 0 aromatic carbocycles. The zero-order valence-electron chi connectivity index (χ0n) is 38.7. The molecule has 8 N–H and O–H groups in total. The normalized spacial score (nSPS) is 13.7. The summed E-state index contributed by atoms with van der Waals surface area (Å²) in [4.78, 5) is 42.4. The highest BCUT2D eigenvalue weighted by molar-refractivity contribution is 6.00. The van der Waals surface area contributed by atoms with Gasteiger partial charge in [0.1, 0.15) is 24.0 Å². The van der Waals surface area contributed by atoms with Crippen LogP contribution >= 0.6 is 0 Å². The van der Waals surface area contributed by atoms with E-state index in [0.717, 1.165) is 29.8 Å². The molecule has 1 aliphatic carbocycles. The van der Waals surface area contributed by atoms with Gasteiger partial charge in [0.15, 0.2) is 22.9 Å². The van der Waals surface area contributed by atoms with Gasteiger partial charge in [-0.1, -0.05) is 34.6 Å². The number of anilines is 6. The molecule has 0 unspecified atom stereocenters. The standard InChI is InChI=1S/C22H30FN7O2.C21H26FN7O2.C2H6/c1-21(2,3)13-27-15-10-18(28-17-6-7-19-24-8-9-30(19)29-17)25-11-14(15)20(31)26-12-16(23)22(4,5)32;1-12-9-24-19-7-6-17(28-29(12)19)27-18-8-15(26-13-4-5-13)14(10-23-18)20(30)25-11-16(22)21(2,3)31;1-2/h6-11,16,32H,12-13H2,1-5H3,(H,26,31)(H2,25,27,28,29);6-10,13,16,31H,4-5,11H2,1-3H3,(H,25,30)(H2,23,26,27,28);1-2H3/t2*16-;/m11./s1. The number of nitrogens with one attached hydrogen (secondary N) is 6. The second-order valence-electron chi connectivity index (χ2n) is 17.8. The van der Waals surface area contributed by atoms with Gasteiger partial charge in [0.25, 0.3) is 11.8 Å². The Kier molecular flexibility index (Phi) is 16.0. The number of alkyl halides is 2. The van der Waals surface area contributed by atoms with Gasteiger partial charge in [-0.25, -0.2) is 37.7 Å². The number of aryl methyl sites for hydroxylation is 1. The average Bonchev–Trinajstić information content (AvgIpc) is 3.81. The van der Waals surface area contributed by atoms with Crippen LogP contribution in [0.2, 0.25) is 0 Å². The Morgan fingerprint density at radius 2 is 1.25 bits per heavy atom. The number of hydrogen-bond acceptors (Lipinski definition) is 14. The molecule has 0 bridgehead atoms. The third-order valence-electron chi connectivity index (χ3n) is 9.76. The third-order valence-corrected chi connectivity index (χ3v) is 9.76. The molecule has 0 saturated heterocycles. The Morgan fingerprint density at radius 1 is 0.723 bits per heavy atom. The monoisotopic (exact) mass is 901 g/mol. The first-order valence-corrected chi connectivity index (χ1v) is 21.6. The maximum absolute atomic E-state index is 14.1. The number of rotatable bonds is 16. The van der Waals surface area contributed by atoms with E-state index < -0.39 is 35.4 Å². The molecule has 0 aliphatic heterocycles. The van der Waals surface area contributed by atoms with Crippen molar-refractivity contribution in [2.75, 3.05) is 40.9 Å². The molecule has 18 nitrogen and oxygen atoms in total. The van der Waals surface area contributed by atoms with Gasteiger partial charge in [0.2, 0.25) is 0 Å². The van der Waals surface area contributed by atoms with Crippen LogP contribution in [0.15, 0.2) is 67.4 Å². The largest absolute Gasteiger partial charge is 0.387 e. The highest BCUT2D eigenvalue weighted by atomic mass is 19.1. The van der Waals surface area contributed by atoms with Gasteiger partial charge in [0.05, 0.1) is 58.7 Å². The van der Waals surface area contributed by atoms with E-state index >= 15 is 0 Å². The molecule has 65 heavy (non-hydrogen) atoms. The molecule has 0 spiro atoms. The molecule has 7 rings (SSSR count). The van der Waals surface area contributed by atoms with Crippen molar-refractivity contribution in [1.29, 1.82) is 0 Å². The van der Waals surface area contributed by atoms with Crippen LogP contribution < -0.4 is 31.9 Å². The maximum atomic E-state index is 14.1. The smallest absolute Gasteiger partial charge is 0.255 e. The van der Waals surface area contributed by atoms with E-state index in [9.17, 15) is 28.6 Å². The number of amides is 2. The van der Waals surface area contributed by atoms with E-state index in [1.54, 1.807) is 51.9 Å². The van der Waals surface area contributed by atoms with Crippen LogP contribution in [0, 0.1) is 12.3 Å². The zero-order valence-corrected chi connectivity index (χ0v) is 38.7. The lowest BCUT2D eigenvalue weighted by Crippen LogP contribution is -2.42. The minimum Gasteiger partial charge on any atom is -0.387 e. The van der Waals surface area contributed by atoms with Crippen molar-refractivity contribution in [3.05, 3.63) is 84.2 Å². The Morgan fingerprint density at radius 3 is 1.78 bits per heavy atom. The second kappa shape index (κ2) is 21.0.